The van der Waals surface area contributed by atoms with E-state index in [1.807, 2.05) is 0 Å². The summed E-state index contributed by atoms with van der Waals surface area (Å²) >= 11 is 0. The number of nitrogens with zero attached hydrogens (tertiary/aromatic N) is 2. The van der Waals surface area contributed by atoms with Crippen molar-refractivity contribution >= 4 is 12.4 Å². The molecule has 1 rings (SSSR count). The average molecular weight is 304 g/mol. The van der Waals surface area contributed by atoms with Gasteiger partial charge in [-0.15, -0.1) is 0 Å². The summed E-state index contributed by atoms with van der Waals surface area (Å²) in [7, 11) is 3.25. The van der Waals surface area contributed by atoms with Crippen LogP contribution in [-0.2, 0) is 23.7 Å². The molecule has 0 amide bonds. The third-order valence-electron chi connectivity index (χ3n) is 2.12. The fourth-order valence-electron chi connectivity index (χ4n) is 1.23. The Kier molecular flexibility index (Phi) is 18.4. The van der Waals surface area contributed by atoms with Gasteiger partial charge in [-0.05, 0) is 0 Å². The van der Waals surface area contributed by atoms with Crippen molar-refractivity contribution in [2.24, 2.45) is 9.98 Å². The standard InChI is InChI=1S/C12H22N2O4.C2H6O/c1-5-15-9-10-17-7-3-14-4-8-18-12-11-16-6-2-13-1;1-3-2/h1,3H,2,4-12H2;1-2H3. The molecule has 1 aliphatic heterocycles. The van der Waals surface area contributed by atoms with Crippen molar-refractivity contribution in [1.29, 1.82) is 0 Å². The Morgan fingerprint density at radius 3 is 1.48 bits per heavy atom. The summed E-state index contributed by atoms with van der Waals surface area (Å²) in [6.07, 6.45) is 3.51. The summed E-state index contributed by atoms with van der Waals surface area (Å²) in [5.74, 6) is 0. The molecule has 0 unspecified atom stereocenters. The van der Waals surface area contributed by atoms with Gasteiger partial charge in [-0.3, -0.25) is 9.98 Å². The van der Waals surface area contributed by atoms with Crippen LogP contribution in [0.3, 0.4) is 0 Å². The highest BCUT2D eigenvalue weighted by Gasteiger charge is 1.91. The van der Waals surface area contributed by atoms with E-state index in [0.717, 1.165) is 0 Å². The summed E-state index contributed by atoms with van der Waals surface area (Å²) in [4.78, 5) is 8.31. The molecule has 0 spiro atoms. The van der Waals surface area contributed by atoms with Gasteiger partial charge in [0.15, 0.2) is 0 Å². The molecule has 0 bridgehead atoms. The third kappa shape index (κ3) is 19.1. The summed E-state index contributed by atoms with van der Waals surface area (Å²) in [5.41, 5.74) is 0. The number of hydrogen-bond donors (Lipinski definition) is 0. The summed E-state index contributed by atoms with van der Waals surface area (Å²) < 4.78 is 25.5. The van der Waals surface area contributed by atoms with Crippen LogP contribution in [0.1, 0.15) is 0 Å². The molecule has 0 aliphatic carbocycles. The Morgan fingerprint density at radius 2 is 1.05 bits per heavy atom. The van der Waals surface area contributed by atoms with Gasteiger partial charge in [0.2, 0.25) is 0 Å². The van der Waals surface area contributed by atoms with Crippen molar-refractivity contribution in [2.75, 3.05) is 80.2 Å². The van der Waals surface area contributed by atoms with Crippen LogP contribution in [0.15, 0.2) is 9.98 Å². The van der Waals surface area contributed by atoms with E-state index in [1.54, 1.807) is 26.6 Å². The number of ether oxygens (including phenoxy) is 5. The van der Waals surface area contributed by atoms with E-state index >= 15 is 0 Å². The molecular formula is C14H28N2O5. The Morgan fingerprint density at radius 1 is 0.667 bits per heavy atom. The van der Waals surface area contributed by atoms with E-state index in [-0.39, 0.29) is 0 Å². The number of methoxy groups -OCH3 is 1. The van der Waals surface area contributed by atoms with Gasteiger partial charge < -0.3 is 23.7 Å². The Bertz CT molecular complexity index is 226. The maximum absolute atomic E-state index is 5.34. The molecule has 0 saturated heterocycles. The minimum atomic E-state index is 0.514. The molecule has 21 heavy (non-hydrogen) atoms. The van der Waals surface area contributed by atoms with Crippen molar-refractivity contribution < 1.29 is 23.7 Å². The van der Waals surface area contributed by atoms with E-state index in [0.29, 0.717) is 65.9 Å². The van der Waals surface area contributed by atoms with Gasteiger partial charge in [-0.2, -0.15) is 0 Å². The van der Waals surface area contributed by atoms with Crippen molar-refractivity contribution in [3.63, 3.8) is 0 Å². The fraction of sp³-hybridized carbons (Fsp3) is 0.857. The second-order valence-corrected chi connectivity index (χ2v) is 3.96. The van der Waals surface area contributed by atoms with Crippen LogP contribution in [0.4, 0.5) is 0 Å². The lowest BCUT2D eigenvalue weighted by molar-refractivity contribution is 0.0538. The van der Waals surface area contributed by atoms with E-state index in [2.05, 4.69) is 14.7 Å². The SMILES string of the molecule is C1=NCCOCCOCCN=CCOCCOC1.COC. The van der Waals surface area contributed by atoms with E-state index in [4.69, 9.17) is 18.9 Å². The Balaban J connectivity index is 0.00000122. The quantitative estimate of drug-likeness (QED) is 0.650. The van der Waals surface area contributed by atoms with Crippen LogP contribution in [-0.4, -0.2) is 92.6 Å². The van der Waals surface area contributed by atoms with Gasteiger partial charge in [0.05, 0.1) is 65.9 Å². The van der Waals surface area contributed by atoms with E-state index in [9.17, 15) is 0 Å². The molecule has 0 fully saturated rings. The minimum absolute atomic E-state index is 0.514. The Hall–Kier alpha value is -0.860. The highest BCUT2D eigenvalue weighted by atomic mass is 16.5. The van der Waals surface area contributed by atoms with E-state index < -0.39 is 0 Å². The second-order valence-electron chi connectivity index (χ2n) is 3.96. The van der Waals surface area contributed by atoms with Crippen LogP contribution in [0.2, 0.25) is 0 Å². The summed E-state index contributed by atoms with van der Waals surface area (Å²) in [6.45, 7) is 5.90. The maximum Gasteiger partial charge on any atom is 0.0815 e. The van der Waals surface area contributed by atoms with Crippen LogP contribution < -0.4 is 0 Å². The predicted octanol–water partition coefficient (Wildman–Crippen LogP) is 0.471. The largest absolute Gasteiger partial charge is 0.388 e. The second kappa shape index (κ2) is 19.1. The van der Waals surface area contributed by atoms with Gasteiger partial charge in [-0.25, -0.2) is 0 Å². The topological polar surface area (TPSA) is 70.9 Å². The van der Waals surface area contributed by atoms with Gasteiger partial charge in [0, 0.05) is 26.6 Å². The molecule has 0 radical (unpaired) electrons. The van der Waals surface area contributed by atoms with Crippen LogP contribution in [0.25, 0.3) is 0 Å². The third-order valence-corrected chi connectivity index (χ3v) is 2.12. The average Bonchev–Trinajstić information content (AvgIpc) is 2.48. The zero-order chi connectivity index (χ0) is 15.4. The van der Waals surface area contributed by atoms with Crippen LogP contribution >= 0.6 is 0 Å². The van der Waals surface area contributed by atoms with Gasteiger partial charge in [0.25, 0.3) is 0 Å². The van der Waals surface area contributed by atoms with Crippen molar-refractivity contribution in [1.82, 2.24) is 0 Å². The number of aliphatic imine (C=N–C) groups is 2. The molecule has 0 saturated carbocycles. The van der Waals surface area contributed by atoms with E-state index in [1.165, 1.54) is 0 Å². The molecule has 124 valence electrons. The monoisotopic (exact) mass is 304 g/mol. The normalized spacial score (nSPS) is 19.9. The zero-order valence-electron chi connectivity index (χ0n) is 13.2. The molecular weight excluding hydrogens is 276 g/mol. The van der Waals surface area contributed by atoms with Crippen LogP contribution in [0.5, 0.6) is 0 Å². The summed E-state index contributed by atoms with van der Waals surface area (Å²) in [6, 6.07) is 0. The van der Waals surface area contributed by atoms with Crippen LogP contribution in [0, 0.1) is 0 Å². The van der Waals surface area contributed by atoms with Crippen molar-refractivity contribution in [3.8, 4) is 0 Å². The predicted molar refractivity (Wildman–Crippen MR) is 82.9 cm³/mol. The molecule has 1 aliphatic rings. The molecule has 0 N–H and O–H groups in total. The lowest BCUT2D eigenvalue weighted by atomic mass is 10.6. The molecule has 0 atom stereocenters. The zero-order valence-corrected chi connectivity index (χ0v) is 13.2. The molecule has 0 aromatic rings. The van der Waals surface area contributed by atoms with Crippen molar-refractivity contribution in [3.05, 3.63) is 0 Å². The first-order valence-corrected chi connectivity index (χ1v) is 7.09. The molecule has 0 aromatic carbocycles. The number of hydrogen-bond acceptors (Lipinski definition) is 7. The van der Waals surface area contributed by atoms with Gasteiger partial charge in [-0.1, -0.05) is 0 Å². The van der Waals surface area contributed by atoms with Gasteiger partial charge >= 0.3 is 0 Å². The van der Waals surface area contributed by atoms with Crippen molar-refractivity contribution in [2.45, 2.75) is 0 Å². The first-order valence-electron chi connectivity index (χ1n) is 7.09. The Labute approximate surface area is 127 Å². The maximum atomic E-state index is 5.34. The fourth-order valence-corrected chi connectivity index (χ4v) is 1.23. The lowest BCUT2D eigenvalue weighted by Gasteiger charge is -2.04. The first kappa shape index (κ1) is 20.1. The molecule has 0 aromatic heterocycles. The summed E-state index contributed by atoms with van der Waals surface area (Å²) in [5, 5.41) is 0. The van der Waals surface area contributed by atoms with Gasteiger partial charge in [0.1, 0.15) is 0 Å². The smallest absolute Gasteiger partial charge is 0.0815 e. The lowest BCUT2D eigenvalue weighted by Crippen LogP contribution is -2.10. The molecule has 7 nitrogen and oxygen atoms in total. The first-order chi connectivity index (χ1) is 10.4. The number of rotatable bonds is 0. The minimum Gasteiger partial charge on any atom is -0.388 e. The molecule has 7 heteroatoms. The highest BCUT2D eigenvalue weighted by Crippen LogP contribution is 1.83. The molecule has 1 heterocycles. The highest BCUT2D eigenvalue weighted by molar-refractivity contribution is 5.58.